The Labute approximate surface area is 196 Å². The lowest BCUT2D eigenvalue weighted by Crippen LogP contribution is -2.36. The van der Waals surface area contributed by atoms with Gasteiger partial charge in [-0.15, -0.1) is 0 Å². The Morgan fingerprint density at radius 1 is 1.00 bits per heavy atom. The molecule has 1 saturated heterocycles. The van der Waals surface area contributed by atoms with Crippen molar-refractivity contribution in [1.82, 2.24) is 0 Å². The fraction of sp³-hybridized carbons (Fsp3) is 0.556. The Kier molecular flexibility index (Phi) is 6.60. The van der Waals surface area contributed by atoms with E-state index in [1.54, 1.807) is 0 Å². The summed E-state index contributed by atoms with van der Waals surface area (Å²) in [7, 11) is 0. The second kappa shape index (κ2) is 9.44. The summed E-state index contributed by atoms with van der Waals surface area (Å²) in [6.07, 6.45) is 9.97. The van der Waals surface area contributed by atoms with Crippen molar-refractivity contribution in [2.45, 2.75) is 82.0 Å². The predicted molar refractivity (Wildman–Crippen MR) is 127 cm³/mol. The van der Waals surface area contributed by atoms with Gasteiger partial charge in [0, 0.05) is 17.9 Å². The number of halogens is 1. The van der Waals surface area contributed by atoms with E-state index in [-0.39, 0.29) is 24.9 Å². The van der Waals surface area contributed by atoms with Gasteiger partial charge in [-0.05, 0) is 84.6 Å². The zero-order chi connectivity index (χ0) is 22.1. The summed E-state index contributed by atoms with van der Waals surface area (Å²) in [5.41, 5.74) is 5.64. The summed E-state index contributed by atoms with van der Waals surface area (Å²) in [4.78, 5) is 5.08. The van der Waals surface area contributed by atoms with Crippen LogP contribution in [-0.4, -0.2) is 23.9 Å². The van der Waals surface area contributed by atoms with Gasteiger partial charge in [-0.3, -0.25) is 0 Å². The summed E-state index contributed by atoms with van der Waals surface area (Å²) in [6.45, 7) is -0.0366. The quantitative estimate of drug-likeness (QED) is 0.537. The summed E-state index contributed by atoms with van der Waals surface area (Å²) in [5, 5.41) is 10.3. The molecule has 5 rings (SSSR count). The molecule has 2 saturated carbocycles. The fourth-order valence-electron chi connectivity index (χ4n) is 5.71. The first-order valence-electron chi connectivity index (χ1n) is 12.1. The van der Waals surface area contributed by atoms with Gasteiger partial charge in [0.25, 0.3) is 0 Å². The number of hydrogen-bond acceptors (Lipinski definition) is 4. The van der Waals surface area contributed by atoms with E-state index in [0.717, 1.165) is 33.9 Å². The number of aliphatic hydroxyl groups excluding tert-OH is 1. The standard InChI is InChI=1S/C27H34ClNO3/c28-25-6-5-21(26-16-23(32-29)15-24(17-30)31-26)14-22(25)13-18-1-3-19(4-2-18)20-7-9-27(10-8-20)11-12-27/h1-6,14,20,23-24,26,30H,7-13,15-17,29H2/t23-,24-,26+/m0/s1. The lowest BCUT2D eigenvalue weighted by atomic mass is 9.77. The molecule has 3 aliphatic rings. The molecule has 0 unspecified atom stereocenters. The molecule has 0 radical (unpaired) electrons. The highest BCUT2D eigenvalue weighted by Gasteiger charge is 2.44. The third-order valence-corrected chi connectivity index (χ3v) is 8.41. The van der Waals surface area contributed by atoms with E-state index in [4.69, 9.17) is 27.1 Å². The largest absolute Gasteiger partial charge is 0.394 e. The maximum Gasteiger partial charge on any atom is 0.0855 e. The Morgan fingerprint density at radius 3 is 2.38 bits per heavy atom. The van der Waals surface area contributed by atoms with Crippen molar-refractivity contribution in [3.8, 4) is 0 Å². The topological polar surface area (TPSA) is 64.7 Å². The first-order valence-corrected chi connectivity index (χ1v) is 12.4. The number of hydrogen-bond donors (Lipinski definition) is 2. The van der Waals surface area contributed by atoms with Crippen molar-refractivity contribution in [2.24, 2.45) is 11.3 Å². The summed E-state index contributed by atoms with van der Waals surface area (Å²) >= 11 is 6.56. The molecule has 4 nitrogen and oxygen atoms in total. The molecule has 5 heteroatoms. The highest BCUT2D eigenvalue weighted by Crippen LogP contribution is 2.58. The number of rotatable bonds is 6. The van der Waals surface area contributed by atoms with Crippen molar-refractivity contribution in [3.63, 3.8) is 0 Å². The molecule has 172 valence electrons. The minimum atomic E-state index is -0.261. The van der Waals surface area contributed by atoms with E-state index >= 15 is 0 Å². The van der Waals surface area contributed by atoms with Crippen molar-refractivity contribution in [3.05, 3.63) is 69.7 Å². The average molecular weight is 456 g/mol. The van der Waals surface area contributed by atoms with Gasteiger partial charge < -0.3 is 14.7 Å². The molecule has 0 bridgehead atoms. The first-order chi connectivity index (χ1) is 15.6. The van der Waals surface area contributed by atoms with Crippen LogP contribution in [0.25, 0.3) is 0 Å². The molecule has 3 atom stereocenters. The highest BCUT2D eigenvalue weighted by atomic mass is 35.5. The van der Waals surface area contributed by atoms with E-state index in [1.807, 2.05) is 12.1 Å². The molecule has 1 spiro atoms. The molecule has 3 N–H and O–H groups in total. The lowest BCUT2D eigenvalue weighted by molar-refractivity contribution is -0.131. The van der Waals surface area contributed by atoms with Crippen LogP contribution in [0.15, 0.2) is 42.5 Å². The van der Waals surface area contributed by atoms with Crippen LogP contribution in [0, 0.1) is 5.41 Å². The molecule has 2 aliphatic carbocycles. The van der Waals surface area contributed by atoms with Crippen LogP contribution in [-0.2, 0) is 16.0 Å². The Morgan fingerprint density at radius 2 is 1.72 bits per heavy atom. The molecule has 1 aliphatic heterocycles. The monoisotopic (exact) mass is 455 g/mol. The number of aliphatic hydroxyl groups is 1. The predicted octanol–water partition coefficient (Wildman–Crippen LogP) is 5.84. The number of nitrogens with two attached hydrogens (primary N) is 1. The molecule has 2 aromatic carbocycles. The fourth-order valence-corrected chi connectivity index (χ4v) is 5.90. The molecule has 1 heterocycles. The highest BCUT2D eigenvalue weighted by molar-refractivity contribution is 6.31. The van der Waals surface area contributed by atoms with Crippen molar-refractivity contribution >= 4 is 11.6 Å². The number of benzene rings is 2. The second-order valence-electron chi connectivity index (χ2n) is 10.2. The van der Waals surface area contributed by atoms with E-state index in [2.05, 4.69) is 30.3 Å². The van der Waals surface area contributed by atoms with Gasteiger partial charge in [0.1, 0.15) is 0 Å². The van der Waals surface area contributed by atoms with Crippen LogP contribution in [0.2, 0.25) is 5.02 Å². The molecular formula is C27H34ClNO3. The third-order valence-electron chi connectivity index (χ3n) is 8.05. The van der Waals surface area contributed by atoms with Gasteiger partial charge in [0.15, 0.2) is 0 Å². The zero-order valence-corrected chi connectivity index (χ0v) is 19.4. The van der Waals surface area contributed by atoms with E-state index in [0.29, 0.717) is 12.8 Å². The Hall–Kier alpha value is -1.43. The molecule has 32 heavy (non-hydrogen) atoms. The maximum absolute atomic E-state index is 9.57. The normalized spacial score (nSPS) is 27.5. The van der Waals surface area contributed by atoms with Gasteiger partial charge in [-0.2, -0.15) is 0 Å². The minimum Gasteiger partial charge on any atom is -0.394 e. The second-order valence-corrected chi connectivity index (χ2v) is 10.6. The van der Waals surface area contributed by atoms with Gasteiger partial charge in [0.2, 0.25) is 0 Å². The molecule has 0 amide bonds. The molecule has 2 aromatic rings. The van der Waals surface area contributed by atoms with Crippen LogP contribution in [0.1, 0.15) is 85.6 Å². The van der Waals surface area contributed by atoms with Gasteiger partial charge in [-0.25, -0.2) is 5.90 Å². The third kappa shape index (κ3) is 4.90. The first kappa shape index (κ1) is 22.4. The molecule has 3 fully saturated rings. The summed E-state index contributed by atoms with van der Waals surface area (Å²) in [5.74, 6) is 6.17. The van der Waals surface area contributed by atoms with Gasteiger partial charge in [-0.1, -0.05) is 48.0 Å². The minimum absolute atomic E-state index is 0.0366. The summed E-state index contributed by atoms with van der Waals surface area (Å²) < 4.78 is 6.07. The van der Waals surface area contributed by atoms with E-state index in [1.165, 1.54) is 49.7 Å². The van der Waals surface area contributed by atoms with E-state index < -0.39 is 0 Å². The smallest absolute Gasteiger partial charge is 0.0855 e. The summed E-state index contributed by atoms with van der Waals surface area (Å²) in [6, 6.07) is 15.2. The van der Waals surface area contributed by atoms with Gasteiger partial charge >= 0.3 is 0 Å². The Balaban J connectivity index is 1.27. The van der Waals surface area contributed by atoms with Crippen LogP contribution in [0.5, 0.6) is 0 Å². The lowest BCUT2D eigenvalue weighted by Gasteiger charge is -2.34. The SMILES string of the molecule is NO[C@H]1C[C@@H](CO)O[C@@H](c2ccc(Cl)c(Cc3ccc(C4CCC5(CC4)CC5)cc3)c2)C1. The molecular weight excluding hydrogens is 422 g/mol. The average Bonchev–Trinajstić information content (AvgIpc) is 3.59. The van der Waals surface area contributed by atoms with Crippen molar-refractivity contribution in [2.75, 3.05) is 6.61 Å². The van der Waals surface area contributed by atoms with Gasteiger partial charge in [0.05, 0.1) is 24.9 Å². The van der Waals surface area contributed by atoms with Crippen LogP contribution < -0.4 is 5.90 Å². The van der Waals surface area contributed by atoms with Crippen molar-refractivity contribution < 1.29 is 14.7 Å². The van der Waals surface area contributed by atoms with Crippen LogP contribution >= 0.6 is 11.6 Å². The van der Waals surface area contributed by atoms with Crippen LogP contribution in [0.4, 0.5) is 0 Å². The maximum atomic E-state index is 9.57. The molecule has 0 aromatic heterocycles. The zero-order valence-electron chi connectivity index (χ0n) is 18.6. The Bertz CT molecular complexity index is 905. The van der Waals surface area contributed by atoms with Crippen molar-refractivity contribution in [1.29, 1.82) is 0 Å². The number of ether oxygens (including phenoxy) is 1. The van der Waals surface area contributed by atoms with E-state index in [9.17, 15) is 5.11 Å². The van der Waals surface area contributed by atoms with Crippen LogP contribution in [0.3, 0.4) is 0 Å².